The van der Waals surface area contributed by atoms with Crippen molar-refractivity contribution < 1.29 is 4.79 Å². The molecule has 0 saturated carbocycles. The molecule has 2 N–H and O–H groups in total. The molecule has 1 saturated heterocycles. The zero-order valence-corrected chi connectivity index (χ0v) is 13.2. The van der Waals surface area contributed by atoms with Gasteiger partial charge in [-0.25, -0.2) is 0 Å². The maximum Gasteiger partial charge on any atom is 0.234 e. The lowest BCUT2D eigenvalue weighted by Crippen LogP contribution is -2.43. The van der Waals surface area contributed by atoms with Crippen LogP contribution < -0.4 is 10.6 Å². The SMILES string of the molecule is CCN(CC(=O)NC(C)c1cccs1)CC1CCCN1. The van der Waals surface area contributed by atoms with E-state index in [0.717, 1.165) is 19.6 Å². The number of thiophene rings is 1. The van der Waals surface area contributed by atoms with Crippen LogP contribution in [0, 0.1) is 0 Å². The normalized spacial score (nSPS) is 20.2. The standard InChI is InChI=1S/C15H25N3OS/c1-3-18(10-13-6-4-8-16-13)11-15(19)17-12(2)14-7-5-9-20-14/h5,7,9,12-13,16H,3-4,6,8,10-11H2,1-2H3,(H,17,19). The van der Waals surface area contributed by atoms with Crippen LogP contribution in [0.5, 0.6) is 0 Å². The summed E-state index contributed by atoms with van der Waals surface area (Å²) in [7, 11) is 0. The fourth-order valence-electron chi connectivity index (χ4n) is 2.63. The topological polar surface area (TPSA) is 44.4 Å². The van der Waals surface area contributed by atoms with Crippen LogP contribution in [0.1, 0.15) is 37.6 Å². The van der Waals surface area contributed by atoms with Crippen molar-refractivity contribution in [2.75, 3.05) is 26.2 Å². The van der Waals surface area contributed by atoms with Crippen LogP contribution in [0.2, 0.25) is 0 Å². The van der Waals surface area contributed by atoms with Gasteiger partial charge in [-0.1, -0.05) is 13.0 Å². The van der Waals surface area contributed by atoms with Crippen molar-refractivity contribution in [1.82, 2.24) is 15.5 Å². The minimum absolute atomic E-state index is 0.103. The van der Waals surface area contributed by atoms with Crippen molar-refractivity contribution in [3.05, 3.63) is 22.4 Å². The predicted octanol–water partition coefficient (Wildman–Crippen LogP) is 2.00. The van der Waals surface area contributed by atoms with E-state index in [9.17, 15) is 4.79 Å². The number of rotatable bonds is 7. The van der Waals surface area contributed by atoms with Crippen LogP contribution in [0.4, 0.5) is 0 Å². The lowest BCUT2D eigenvalue weighted by Gasteiger charge is -2.24. The Hall–Kier alpha value is -0.910. The molecule has 4 nitrogen and oxygen atoms in total. The first-order chi connectivity index (χ1) is 9.69. The molecular formula is C15H25N3OS. The summed E-state index contributed by atoms with van der Waals surface area (Å²) >= 11 is 1.69. The first-order valence-electron chi connectivity index (χ1n) is 7.47. The number of nitrogens with one attached hydrogen (secondary N) is 2. The van der Waals surface area contributed by atoms with Crippen LogP contribution in [0.25, 0.3) is 0 Å². The zero-order valence-electron chi connectivity index (χ0n) is 12.4. The van der Waals surface area contributed by atoms with Gasteiger partial charge in [0.25, 0.3) is 0 Å². The van der Waals surface area contributed by atoms with Gasteiger partial charge in [-0.2, -0.15) is 0 Å². The van der Waals surface area contributed by atoms with Gasteiger partial charge in [0.2, 0.25) is 5.91 Å². The molecule has 1 fully saturated rings. The second-order valence-electron chi connectivity index (χ2n) is 5.43. The van der Waals surface area contributed by atoms with Crippen molar-refractivity contribution in [2.45, 2.75) is 38.8 Å². The minimum atomic E-state index is 0.103. The summed E-state index contributed by atoms with van der Waals surface area (Å²) in [5.74, 6) is 0.116. The number of carbonyl (C=O) groups excluding carboxylic acids is 1. The van der Waals surface area contributed by atoms with E-state index in [-0.39, 0.29) is 11.9 Å². The molecule has 1 aromatic rings. The van der Waals surface area contributed by atoms with Gasteiger partial charge >= 0.3 is 0 Å². The summed E-state index contributed by atoms with van der Waals surface area (Å²) in [5, 5.41) is 8.61. The molecule has 20 heavy (non-hydrogen) atoms. The molecule has 0 radical (unpaired) electrons. The highest BCUT2D eigenvalue weighted by molar-refractivity contribution is 7.10. The highest BCUT2D eigenvalue weighted by Gasteiger charge is 2.19. The number of amides is 1. The summed E-state index contributed by atoms with van der Waals surface area (Å²) in [4.78, 5) is 15.6. The molecule has 0 spiro atoms. The highest BCUT2D eigenvalue weighted by Crippen LogP contribution is 2.17. The first-order valence-corrected chi connectivity index (χ1v) is 8.35. The van der Waals surface area contributed by atoms with Gasteiger partial charge < -0.3 is 10.6 Å². The minimum Gasteiger partial charge on any atom is -0.348 e. The van der Waals surface area contributed by atoms with Crippen molar-refractivity contribution >= 4 is 17.2 Å². The van der Waals surface area contributed by atoms with Crippen LogP contribution in [-0.4, -0.2) is 43.0 Å². The van der Waals surface area contributed by atoms with Gasteiger partial charge in [0.05, 0.1) is 12.6 Å². The van der Waals surface area contributed by atoms with Gasteiger partial charge in [0.15, 0.2) is 0 Å². The lowest BCUT2D eigenvalue weighted by molar-refractivity contribution is -0.122. The van der Waals surface area contributed by atoms with Crippen LogP contribution in [-0.2, 0) is 4.79 Å². The van der Waals surface area contributed by atoms with Crippen LogP contribution >= 0.6 is 11.3 Å². The molecule has 1 aromatic heterocycles. The molecule has 0 aromatic carbocycles. The quantitative estimate of drug-likeness (QED) is 0.809. The van der Waals surface area contributed by atoms with E-state index in [1.807, 2.05) is 18.4 Å². The molecular weight excluding hydrogens is 270 g/mol. The average Bonchev–Trinajstić information content (AvgIpc) is 3.10. The third kappa shape index (κ3) is 4.58. The molecule has 1 aliphatic rings. The molecule has 1 aliphatic heterocycles. The number of hydrogen-bond donors (Lipinski definition) is 2. The van der Waals surface area contributed by atoms with Crippen molar-refractivity contribution in [1.29, 1.82) is 0 Å². The van der Waals surface area contributed by atoms with Crippen molar-refractivity contribution in [3.63, 3.8) is 0 Å². The van der Waals surface area contributed by atoms with Crippen molar-refractivity contribution in [2.24, 2.45) is 0 Å². The molecule has 2 heterocycles. The molecule has 2 atom stereocenters. The summed E-state index contributed by atoms with van der Waals surface area (Å²) in [6.07, 6.45) is 2.48. The van der Waals surface area contributed by atoms with Gasteiger partial charge in [0.1, 0.15) is 0 Å². The Labute approximate surface area is 125 Å². The summed E-state index contributed by atoms with van der Waals surface area (Å²) in [6, 6.07) is 4.74. The van der Waals surface area contributed by atoms with E-state index in [4.69, 9.17) is 0 Å². The highest BCUT2D eigenvalue weighted by atomic mass is 32.1. The number of hydrogen-bond acceptors (Lipinski definition) is 4. The predicted molar refractivity (Wildman–Crippen MR) is 84.0 cm³/mol. The molecule has 5 heteroatoms. The lowest BCUT2D eigenvalue weighted by atomic mass is 10.2. The molecule has 2 rings (SSSR count). The number of nitrogens with zero attached hydrogens (tertiary/aromatic N) is 1. The zero-order chi connectivity index (χ0) is 14.4. The van der Waals surface area contributed by atoms with E-state index in [1.54, 1.807) is 11.3 Å². The molecule has 0 aliphatic carbocycles. The Balaban J connectivity index is 1.76. The Morgan fingerprint density at radius 1 is 1.65 bits per heavy atom. The van der Waals surface area contributed by atoms with Gasteiger partial charge in [-0.3, -0.25) is 9.69 Å². The van der Waals surface area contributed by atoms with E-state index in [1.165, 1.54) is 17.7 Å². The number of carbonyl (C=O) groups is 1. The molecule has 0 bridgehead atoms. The summed E-state index contributed by atoms with van der Waals surface area (Å²) in [6.45, 7) is 7.65. The molecule has 2 unspecified atom stereocenters. The third-order valence-corrected chi connectivity index (χ3v) is 4.86. The second-order valence-corrected chi connectivity index (χ2v) is 6.40. The van der Waals surface area contributed by atoms with E-state index >= 15 is 0 Å². The fraction of sp³-hybridized carbons (Fsp3) is 0.667. The molecule has 112 valence electrons. The Kier molecular flexibility index (Phi) is 6.01. The van der Waals surface area contributed by atoms with Gasteiger partial charge in [-0.05, 0) is 44.3 Å². The van der Waals surface area contributed by atoms with Gasteiger partial charge in [-0.15, -0.1) is 11.3 Å². The van der Waals surface area contributed by atoms with E-state index < -0.39 is 0 Å². The average molecular weight is 295 g/mol. The van der Waals surface area contributed by atoms with Crippen LogP contribution in [0.3, 0.4) is 0 Å². The maximum absolute atomic E-state index is 12.1. The summed E-state index contributed by atoms with van der Waals surface area (Å²) < 4.78 is 0. The van der Waals surface area contributed by atoms with E-state index in [0.29, 0.717) is 12.6 Å². The maximum atomic E-state index is 12.1. The van der Waals surface area contributed by atoms with Crippen LogP contribution in [0.15, 0.2) is 17.5 Å². The number of likely N-dealkylation sites (N-methyl/N-ethyl adjacent to an activating group) is 1. The third-order valence-electron chi connectivity index (χ3n) is 3.80. The smallest absolute Gasteiger partial charge is 0.234 e. The monoisotopic (exact) mass is 295 g/mol. The Morgan fingerprint density at radius 2 is 2.50 bits per heavy atom. The Morgan fingerprint density at radius 3 is 3.10 bits per heavy atom. The van der Waals surface area contributed by atoms with Crippen molar-refractivity contribution in [3.8, 4) is 0 Å². The first kappa shape index (κ1) is 15.5. The summed E-state index contributed by atoms with van der Waals surface area (Å²) in [5.41, 5.74) is 0. The van der Waals surface area contributed by atoms with E-state index in [2.05, 4.69) is 28.5 Å². The fourth-order valence-corrected chi connectivity index (χ4v) is 3.36. The van der Waals surface area contributed by atoms with Gasteiger partial charge in [0, 0.05) is 17.5 Å². The largest absolute Gasteiger partial charge is 0.348 e. The Bertz CT molecular complexity index is 401. The molecule has 1 amide bonds. The second kappa shape index (κ2) is 7.76.